The Balaban J connectivity index is 2.04. The molecule has 0 spiro atoms. The van der Waals surface area contributed by atoms with E-state index in [0.29, 0.717) is 27.4 Å². The van der Waals surface area contributed by atoms with Gasteiger partial charge in [-0.2, -0.15) is 0 Å². The lowest BCUT2D eigenvalue weighted by Crippen LogP contribution is -2.36. The Morgan fingerprint density at radius 3 is 2.56 bits per heavy atom. The standard InChI is InChI=1S/C18H21Cl2N3OS/c1-23(2)16(13-6-4-5-7-17(13)24-3)11-21-18(25)22-15-9-8-12(19)10-14(15)20/h4-10,16H,11H2,1-3H3,(H2,21,22,25)/t16-/m0/s1. The number of anilines is 1. The van der Waals surface area contributed by atoms with E-state index in [1.807, 2.05) is 32.3 Å². The summed E-state index contributed by atoms with van der Waals surface area (Å²) in [6, 6.07) is 13.3. The zero-order valence-electron chi connectivity index (χ0n) is 14.3. The van der Waals surface area contributed by atoms with Crippen LogP contribution in [-0.4, -0.2) is 37.8 Å². The molecule has 0 unspecified atom stereocenters. The first-order valence-electron chi connectivity index (χ1n) is 7.71. The number of nitrogens with one attached hydrogen (secondary N) is 2. The zero-order chi connectivity index (χ0) is 18.4. The van der Waals surface area contributed by atoms with Crippen molar-refractivity contribution in [2.24, 2.45) is 0 Å². The van der Waals surface area contributed by atoms with E-state index in [2.05, 4.69) is 21.6 Å². The van der Waals surface area contributed by atoms with Gasteiger partial charge >= 0.3 is 0 Å². The Morgan fingerprint density at radius 2 is 1.92 bits per heavy atom. The van der Waals surface area contributed by atoms with Gasteiger partial charge in [0.25, 0.3) is 0 Å². The van der Waals surface area contributed by atoms with Gasteiger partial charge < -0.3 is 20.3 Å². The normalized spacial score (nSPS) is 11.9. The fraction of sp³-hybridized carbons (Fsp3) is 0.278. The van der Waals surface area contributed by atoms with Gasteiger partial charge in [0.05, 0.1) is 23.9 Å². The van der Waals surface area contributed by atoms with E-state index < -0.39 is 0 Å². The maximum Gasteiger partial charge on any atom is 0.170 e. The first-order valence-corrected chi connectivity index (χ1v) is 8.88. The molecule has 0 aliphatic carbocycles. The Kier molecular flexibility index (Phi) is 7.32. The second kappa shape index (κ2) is 9.25. The Hall–Kier alpha value is -1.53. The third kappa shape index (κ3) is 5.47. The van der Waals surface area contributed by atoms with Crippen LogP contribution in [0.4, 0.5) is 5.69 Å². The van der Waals surface area contributed by atoms with E-state index in [0.717, 1.165) is 11.3 Å². The molecular formula is C18H21Cl2N3OS. The van der Waals surface area contributed by atoms with Crippen molar-refractivity contribution >= 4 is 46.2 Å². The van der Waals surface area contributed by atoms with Crippen molar-refractivity contribution < 1.29 is 4.74 Å². The Labute approximate surface area is 164 Å². The van der Waals surface area contributed by atoms with Crippen molar-refractivity contribution in [2.75, 3.05) is 33.1 Å². The summed E-state index contributed by atoms with van der Waals surface area (Å²) < 4.78 is 5.47. The number of nitrogens with zero attached hydrogens (tertiary/aromatic N) is 1. The molecule has 2 aromatic rings. The van der Waals surface area contributed by atoms with Crippen molar-refractivity contribution in [3.05, 3.63) is 58.1 Å². The van der Waals surface area contributed by atoms with Gasteiger partial charge in [0.2, 0.25) is 0 Å². The molecule has 0 aliphatic heterocycles. The second-order valence-corrected chi connectivity index (χ2v) is 6.93. The van der Waals surface area contributed by atoms with E-state index in [9.17, 15) is 0 Å². The lowest BCUT2D eigenvalue weighted by molar-refractivity contribution is 0.288. The fourth-order valence-corrected chi connectivity index (χ4v) is 3.11. The monoisotopic (exact) mass is 397 g/mol. The van der Waals surface area contributed by atoms with Crippen LogP contribution < -0.4 is 15.4 Å². The first-order chi connectivity index (χ1) is 11.9. The van der Waals surface area contributed by atoms with Crippen molar-refractivity contribution in [3.8, 4) is 5.75 Å². The summed E-state index contributed by atoms with van der Waals surface area (Å²) in [6.07, 6.45) is 0. The number of rotatable bonds is 6. The third-order valence-corrected chi connectivity index (χ3v) is 4.55. The van der Waals surface area contributed by atoms with E-state index in [-0.39, 0.29) is 6.04 Å². The molecule has 25 heavy (non-hydrogen) atoms. The van der Waals surface area contributed by atoms with Crippen LogP contribution in [0.5, 0.6) is 5.75 Å². The summed E-state index contributed by atoms with van der Waals surface area (Å²) in [4.78, 5) is 2.11. The Morgan fingerprint density at radius 1 is 1.20 bits per heavy atom. The molecule has 0 heterocycles. The molecule has 7 heteroatoms. The van der Waals surface area contributed by atoms with Gasteiger partial charge in [-0.1, -0.05) is 41.4 Å². The molecule has 1 atom stereocenters. The fourth-order valence-electron chi connectivity index (χ4n) is 2.46. The van der Waals surface area contributed by atoms with Crippen LogP contribution in [0.25, 0.3) is 0 Å². The number of methoxy groups -OCH3 is 1. The summed E-state index contributed by atoms with van der Waals surface area (Å²) >= 11 is 17.5. The summed E-state index contributed by atoms with van der Waals surface area (Å²) in [6.45, 7) is 0.615. The molecule has 0 saturated carbocycles. The van der Waals surface area contributed by atoms with E-state index in [1.165, 1.54) is 0 Å². The molecule has 0 amide bonds. The largest absolute Gasteiger partial charge is 0.496 e. The summed E-state index contributed by atoms with van der Waals surface area (Å²) in [5.41, 5.74) is 1.80. The van der Waals surface area contributed by atoms with Gasteiger partial charge in [0, 0.05) is 17.1 Å². The van der Waals surface area contributed by atoms with Gasteiger partial charge in [0.15, 0.2) is 5.11 Å². The number of benzene rings is 2. The second-order valence-electron chi connectivity index (χ2n) is 5.68. The minimum Gasteiger partial charge on any atom is -0.496 e. The van der Waals surface area contributed by atoms with E-state index in [1.54, 1.807) is 25.3 Å². The zero-order valence-corrected chi connectivity index (χ0v) is 16.7. The summed E-state index contributed by atoms with van der Waals surface area (Å²) in [5.74, 6) is 0.850. The predicted octanol–water partition coefficient (Wildman–Crippen LogP) is 4.59. The quantitative estimate of drug-likeness (QED) is 0.696. The minimum absolute atomic E-state index is 0.0941. The molecule has 0 aromatic heterocycles. The molecule has 4 nitrogen and oxygen atoms in total. The molecule has 2 N–H and O–H groups in total. The molecule has 134 valence electrons. The topological polar surface area (TPSA) is 36.5 Å². The molecule has 0 bridgehead atoms. The molecule has 0 radical (unpaired) electrons. The van der Waals surface area contributed by atoms with Gasteiger partial charge in [-0.3, -0.25) is 0 Å². The number of hydrogen-bond acceptors (Lipinski definition) is 3. The van der Waals surface area contributed by atoms with Crippen molar-refractivity contribution in [1.29, 1.82) is 0 Å². The van der Waals surface area contributed by atoms with Crippen LogP contribution in [0.15, 0.2) is 42.5 Å². The summed E-state index contributed by atoms with van der Waals surface area (Å²) in [5, 5.41) is 7.92. The number of likely N-dealkylation sites (N-methyl/N-ethyl adjacent to an activating group) is 1. The lowest BCUT2D eigenvalue weighted by Gasteiger charge is -2.27. The SMILES string of the molecule is COc1ccccc1[C@H](CNC(=S)Nc1ccc(Cl)cc1Cl)N(C)C. The smallest absolute Gasteiger partial charge is 0.170 e. The van der Waals surface area contributed by atoms with Crippen LogP contribution in [0.2, 0.25) is 10.0 Å². The van der Waals surface area contributed by atoms with Crippen molar-refractivity contribution in [1.82, 2.24) is 10.2 Å². The average molecular weight is 398 g/mol. The third-order valence-electron chi connectivity index (χ3n) is 3.76. The molecule has 0 saturated heterocycles. The highest BCUT2D eigenvalue weighted by atomic mass is 35.5. The van der Waals surface area contributed by atoms with Gasteiger partial charge in [-0.15, -0.1) is 0 Å². The molecule has 2 aromatic carbocycles. The molecule has 2 rings (SSSR count). The molecule has 0 fully saturated rings. The highest BCUT2D eigenvalue weighted by Gasteiger charge is 2.18. The Bertz CT molecular complexity index is 740. The minimum atomic E-state index is 0.0941. The van der Waals surface area contributed by atoms with E-state index in [4.69, 9.17) is 40.2 Å². The number of ether oxygens (including phenoxy) is 1. The highest BCUT2D eigenvalue weighted by molar-refractivity contribution is 7.80. The number of thiocarbonyl (C=S) groups is 1. The number of para-hydroxylation sites is 1. The summed E-state index contributed by atoms with van der Waals surface area (Å²) in [7, 11) is 5.71. The maximum absolute atomic E-state index is 6.16. The lowest BCUT2D eigenvalue weighted by atomic mass is 10.0. The van der Waals surface area contributed by atoms with Crippen LogP contribution in [0.1, 0.15) is 11.6 Å². The van der Waals surface area contributed by atoms with Gasteiger partial charge in [0.1, 0.15) is 5.75 Å². The number of hydrogen-bond donors (Lipinski definition) is 2. The molecule has 0 aliphatic rings. The number of halogens is 2. The van der Waals surface area contributed by atoms with E-state index >= 15 is 0 Å². The highest BCUT2D eigenvalue weighted by Crippen LogP contribution is 2.28. The van der Waals surface area contributed by atoms with Crippen LogP contribution in [0, 0.1) is 0 Å². The van der Waals surface area contributed by atoms with Crippen LogP contribution in [-0.2, 0) is 0 Å². The van der Waals surface area contributed by atoms with Crippen molar-refractivity contribution in [2.45, 2.75) is 6.04 Å². The maximum atomic E-state index is 6.16. The average Bonchev–Trinajstić information content (AvgIpc) is 2.57. The molecular weight excluding hydrogens is 377 g/mol. The van der Waals surface area contributed by atoms with Crippen LogP contribution >= 0.6 is 35.4 Å². The van der Waals surface area contributed by atoms with Gasteiger partial charge in [-0.25, -0.2) is 0 Å². The first kappa shape index (κ1) is 19.8. The van der Waals surface area contributed by atoms with Crippen molar-refractivity contribution in [3.63, 3.8) is 0 Å². The predicted molar refractivity (Wildman–Crippen MR) is 110 cm³/mol. The van der Waals surface area contributed by atoms with Crippen LogP contribution in [0.3, 0.4) is 0 Å². The van der Waals surface area contributed by atoms with Gasteiger partial charge in [-0.05, 0) is 50.6 Å².